The molecular weight excluding hydrogens is 344 g/mol. The molecule has 1 aliphatic rings. The molecule has 3 aromatic rings. The Morgan fingerprint density at radius 3 is 2.69 bits per heavy atom. The zero-order valence-electron chi connectivity index (χ0n) is 14.5. The van der Waals surface area contributed by atoms with Crippen molar-refractivity contribution in [3.63, 3.8) is 0 Å². The third kappa shape index (κ3) is 3.00. The summed E-state index contributed by atoms with van der Waals surface area (Å²) in [5.74, 6) is 1.70. The molecule has 2 N–H and O–H groups in total. The van der Waals surface area contributed by atoms with Crippen LogP contribution in [0.1, 0.15) is 16.7 Å². The molecule has 2 aromatic carbocycles. The van der Waals surface area contributed by atoms with Crippen molar-refractivity contribution in [2.75, 3.05) is 4.90 Å². The van der Waals surface area contributed by atoms with Crippen LogP contribution in [-0.4, -0.2) is 10.9 Å². The molecule has 0 saturated heterocycles. The van der Waals surface area contributed by atoms with Crippen molar-refractivity contribution in [3.8, 4) is 0 Å². The molecule has 4 rings (SSSR count). The van der Waals surface area contributed by atoms with Gasteiger partial charge >= 0.3 is 0 Å². The summed E-state index contributed by atoms with van der Waals surface area (Å²) in [5.41, 5.74) is 4.84. The van der Waals surface area contributed by atoms with Gasteiger partial charge in [0.15, 0.2) is 0 Å². The van der Waals surface area contributed by atoms with Gasteiger partial charge in [0.2, 0.25) is 5.96 Å². The molecule has 1 aliphatic heterocycles. The van der Waals surface area contributed by atoms with E-state index in [1.807, 2.05) is 55.6 Å². The third-order valence-electron chi connectivity index (χ3n) is 4.49. The monoisotopic (exact) mass is 362 g/mol. The van der Waals surface area contributed by atoms with E-state index in [2.05, 4.69) is 33.9 Å². The predicted octanol–water partition coefficient (Wildman–Crippen LogP) is 5.24. The van der Waals surface area contributed by atoms with Crippen molar-refractivity contribution >= 4 is 34.8 Å². The van der Waals surface area contributed by atoms with Gasteiger partial charge in [-0.2, -0.15) is 0 Å². The van der Waals surface area contributed by atoms with E-state index < -0.39 is 0 Å². The molecule has 1 aromatic heterocycles. The maximum Gasteiger partial charge on any atom is 0.209 e. The predicted molar refractivity (Wildman–Crippen MR) is 109 cm³/mol. The summed E-state index contributed by atoms with van der Waals surface area (Å²) in [6, 6.07) is 18.1. The number of aromatic nitrogens is 1. The van der Waals surface area contributed by atoms with E-state index in [1.165, 1.54) is 5.56 Å². The maximum atomic E-state index is 6.26. The summed E-state index contributed by atoms with van der Waals surface area (Å²) >= 11 is 6.26. The quantitative estimate of drug-likeness (QED) is 0.668. The molecule has 0 spiro atoms. The summed E-state index contributed by atoms with van der Waals surface area (Å²) in [6.07, 6.45) is 1.92. The number of hydrogen-bond acceptors (Lipinski definition) is 1. The Morgan fingerprint density at radius 1 is 1.08 bits per heavy atom. The van der Waals surface area contributed by atoms with Gasteiger partial charge in [0.25, 0.3) is 0 Å². The molecule has 0 aliphatic carbocycles. The van der Waals surface area contributed by atoms with Crippen LogP contribution < -0.4 is 10.2 Å². The highest BCUT2D eigenvalue weighted by molar-refractivity contribution is 6.31. The van der Waals surface area contributed by atoms with Crippen molar-refractivity contribution in [1.29, 1.82) is 0 Å². The van der Waals surface area contributed by atoms with Crippen molar-refractivity contribution in [1.82, 2.24) is 10.3 Å². The Bertz CT molecular complexity index is 988. The number of hydrogen-bond donors (Lipinski definition) is 2. The first-order chi connectivity index (χ1) is 12.6. The summed E-state index contributed by atoms with van der Waals surface area (Å²) in [7, 11) is 0. The van der Waals surface area contributed by atoms with Crippen LogP contribution in [0.5, 0.6) is 0 Å². The topological polar surface area (TPSA) is 43.4 Å². The molecule has 0 radical (unpaired) electrons. The van der Waals surface area contributed by atoms with Crippen LogP contribution in [0.15, 0.2) is 72.4 Å². The molecular formula is C21H19ClN4. The van der Waals surface area contributed by atoms with Crippen LogP contribution in [-0.2, 0) is 6.54 Å². The number of anilines is 1. The molecule has 26 heavy (non-hydrogen) atoms. The SMILES string of the molecule is C=C1NC(=Nc2cccc(Cl)c2C)N(Cc2ccccc2)c2[nH]ccc21. The van der Waals surface area contributed by atoms with Crippen molar-refractivity contribution in [3.05, 3.63) is 89.1 Å². The molecule has 0 atom stereocenters. The highest BCUT2D eigenvalue weighted by atomic mass is 35.5. The van der Waals surface area contributed by atoms with E-state index in [0.29, 0.717) is 11.6 Å². The number of benzene rings is 2. The minimum atomic E-state index is 0.688. The number of guanidine groups is 1. The summed E-state index contributed by atoms with van der Waals surface area (Å²) in [5, 5.41) is 4.05. The first-order valence-electron chi connectivity index (χ1n) is 8.42. The molecule has 5 heteroatoms. The molecule has 130 valence electrons. The van der Waals surface area contributed by atoms with E-state index in [9.17, 15) is 0 Å². The first-order valence-corrected chi connectivity index (χ1v) is 8.80. The highest BCUT2D eigenvalue weighted by Crippen LogP contribution is 2.32. The van der Waals surface area contributed by atoms with Crippen LogP contribution in [0, 0.1) is 6.92 Å². The van der Waals surface area contributed by atoms with Gasteiger partial charge in [-0.15, -0.1) is 0 Å². The summed E-state index contributed by atoms with van der Waals surface area (Å²) in [4.78, 5) is 10.3. The molecule has 0 saturated carbocycles. The van der Waals surface area contributed by atoms with Crippen molar-refractivity contribution in [2.24, 2.45) is 4.99 Å². The van der Waals surface area contributed by atoms with Crippen LogP contribution in [0.2, 0.25) is 5.02 Å². The number of H-pyrrole nitrogens is 1. The van der Waals surface area contributed by atoms with Gasteiger partial charge in [-0.1, -0.05) is 54.6 Å². The van der Waals surface area contributed by atoms with Gasteiger partial charge in [0, 0.05) is 22.5 Å². The highest BCUT2D eigenvalue weighted by Gasteiger charge is 2.26. The first kappa shape index (κ1) is 16.5. The van der Waals surface area contributed by atoms with E-state index in [0.717, 1.165) is 34.3 Å². The van der Waals surface area contributed by atoms with Gasteiger partial charge < -0.3 is 10.3 Å². The van der Waals surface area contributed by atoms with Crippen LogP contribution in [0.4, 0.5) is 11.5 Å². The van der Waals surface area contributed by atoms with Crippen molar-refractivity contribution in [2.45, 2.75) is 13.5 Å². The van der Waals surface area contributed by atoms with E-state index in [1.54, 1.807) is 0 Å². The number of aliphatic imine (C=N–C) groups is 1. The standard InChI is InChI=1S/C21H19ClN4/c1-14-18(22)9-6-10-19(14)25-21-24-15(2)17-11-12-23-20(17)26(21)13-16-7-4-3-5-8-16/h3-12,23H,2,13H2,1H3,(H,24,25). The minimum Gasteiger partial charge on any atom is -0.347 e. The Balaban J connectivity index is 1.80. The molecule has 4 nitrogen and oxygen atoms in total. The second-order valence-corrected chi connectivity index (χ2v) is 6.64. The number of nitrogens with one attached hydrogen (secondary N) is 2. The largest absolute Gasteiger partial charge is 0.347 e. The fraction of sp³-hybridized carbons (Fsp3) is 0.0952. The fourth-order valence-electron chi connectivity index (χ4n) is 3.04. The van der Waals surface area contributed by atoms with Crippen LogP contribution in [0.25, 0.3) is 5.70 Å². The lowest BCUT2D eigenvalue weighted by molar-refractivity contribution is 0.933. The zero-order valence-corrected chi connectivity index (χ0v) is 15.2. The van der Waals surface area contributed by atoms with Gasteiger partial charge in [-0.25, -0.2) is 4.99 Å². The van der Waals surface area contributed by atoms with Gasteiger partial charge in [-0.05, 0) is 36.2 Å². The van der Waals surface area contributed by atoms with Crippen LogP contribution >= 0.6 is 11.6 Å². The summed E-state index contributed by atoms with van der Waals surface area (Å²) in [6.45, 7) is 6.80. The number of rotatable bonds is 3. The number of aromatic amines is 1. The Morgan fingerprint density at radius 2 is 1.88 bits per heavy atom. The maximum absolute atomic E-state index is 6.26. The van der Waals surface area contributed by atoms with E-state index in [-0.39, 0.29) is 0 Å². The van der Waals surface area contributed by atoms with Gasteiger partial charge in [-0.3, -0.25) is 4.90 Å². The molecule has 0 unspecified atom stereocenters. The lowest BCUT2D eigenvalue weighted by Crippen LogP contribution is -2.44. The smallest absolute Gasteiger partial charge is 0.209 e. The second kappa shape index (κ2) is 6.73. The van der Waals surface area contributed by atoms with E-state index in [4.69, 9.17) is 16.6 Å². The Hall–Kier alpha value is -2.98. The number of nitrogens with zero attached hydrogens (tertiary/aromatic N) is 2. The third-order valence-corrected chi connectivity index (χ3v) is 4.90. The lowest BCUT2D eigenvalue weighted by Gasteiger charge is -2.32. The fourth-order valence-corrected chi connectivity index (χ4v) is 3.21. The molecule has 0 fully saturated rings. The number of halogens is 1. The minimum absolute atomic E-state index is 0.688. The van der Waals surface area contributed by atoms with Crippen molar-refractivity contribution < 1.29 is 0 Å². The Labute approximate surface area is 157 Å². The normalized spacial score (nSPS) is 15.1. The molecule has 2 heterocycles. The molecule has 0 amide bonds. The van der Waals surface area contributed by atoms with Gasteiger partial charge in [0.1, 0.15) is 5.82 Å². The average Bonchev–Trinajstić information content (AvgIpc) is 3.13. The van der Waals surface area contributed by atoms with Crippen LogP contribution in [0.3, 0.4) is 0 Å². The summed E-state index contributed by atoms with van der Waals surface area (Å²) < 4.78 is 0. The lowest BCUT2D eigenvalue weighted by atomic mass is 10.1. The Kier molecular flexibility index (Phi) is 4.27. The van der Waals surface area contributed by atoms with Gasteiger partial charge in [0.05, 0.1) is 12.2 Å². The number of fused-ring (bicyclic) bond motifs is 1. The average molecular weight is 363 g/mol. The zero-order chi connectivity index (χ0) is 18.1. The van der Waals surface area contributed by atoms with E-state index >= 15 is 0 Å². The second-order valence-electron chi connectivity index (χ2n) is 6.23. The molecule has 0 bridgehead atoms.